The highest BCUT2D eigenvalue weighted by Crippen LogP contribution is 2.34. The third-order valence-corrected chi connectivity index (χ3v) is 5.06. The molecule has 1 atom stereocenters. The number of fused-ring (bicyclic) bond motifs is 1. The molecule has 0 saturated carbocycles. The second kappa shape index (κ2) is 8.35. The summed E-state index contributed by atoms with van der Waals surface area (Å²) in [7, 11) is 0. The lowest BCUT2D eigenvalue weighted by Gasteiger charge is -2.26. The molecule has 1 heterocycles. The molecule has 2 aromatic rings. The monoisotopic (exact) mass is 430 g/mol. The minimum atomic E-state index is -1.27. The van der Waals surface area contributed by atoms with Crippen LogP contribution in [-0.4, -0.2) is 23.3 Å². The minimum Gasteiger partial charge on any atom is -0.385 e. The Labute approximate surface area is 182 Å². The molecule has 0 aromatic heterocycles. The van der Waals surface area contributed by atoms with E-state index in [1.54, 1.807) is 0 Å². The number of hydrogen-bond donors (Lipinski definition) is 3. The van der Waals surface area contributed by atoms with E-state index in [9.17, 15) is 0 Å². The zero-order valence-electron chi connectivity index (χ0n) is 16.3. The van der Waals surface area contributed by atoms with Crippen molar-refractivity contribution in [1.29, 1.82) is 5.41 Å². The summed E-state index contributed by atoms with van der Waals surface area (Å²) in [6.07, 6.45) is 1.76. The number of guanidine groups is 1. The van der Waals surface area contributed by atoms with E-state index in [4.69, 9.17) is 21.9 Å². The van der Waals surface area contributed by atoms with Crippen LogP contribution in [0.25, 0.3) is 0 Å². The molecule has 1 aliphatic heterocycles. The van der Waals surface area contributed by atoms with Crippen molar-refractivity contribution in [3.63, 3.8) is 0 Å². The van der Waals surface area contributed by atoms with E-state index in [1.165, 1.54) is 5.56 Å². The Bertz CT molecular complexity index is 1040. The zero-order valence-corrected chi connectivity index (χ0v) is 17.9. The van der Waals surface area contributed by atoms with E-state index in [0.717, 1.165) is 40.8 Å². The van der Waals surface area contributed by atoms with E-state index < -0.39 is 5.54 Å². The zero-order chi connectivity index (χ0) is 19.2. The number of nitrogens with one attached hydrogen (secondary N) is 1. The lowest BCUT2D eigenvalue weighted by Crippen LogP contribution is -2.44. The van der Waals surface area contributed by atoms with Crippen molar-refractivity contribution >= 4 is 48.2 Å². The quantitative estimate of drug-likeness (QED) is 0.500. The molecule has 2 aromatic carbocycles. The Morgan fingerprint density at radius 2 is 1.72 bits per heavy atom. The van der Waals surface area contributed by atoms with Crippen LogP contribution in [-0.2, 0) is 12.0 Å². The molecule has 1 unspecified atom stereocenters. The van der Waals surface area contributed by atoms with Gasteiger partial charge in [0.2, 0.25) is 11.5 Å². The third-order valence-electron chi connectivity index (χ3n) is 5.06. The van der Waals surface area contributed by atoms with Crippen molar-refractivity contribution < 1.29 is 0 Å². The summed E-state index contributed by atoms with van der Waals surface area (Å²) in [6.45, 7) is 4.00. The molecule has 0 amide bonds. The number of hydrogen-bond acceptors (Lipinski definition) is 5. The first-order valence-electron chi connectivity index (χ1n) is 8.94. The summed E-state index contributed by atoms with van der Waals surface area (Å²) in [6, 6.07) is 14.2. The van der Waals surface area contributed by atoms with Gasteiger partial charge in [0, 0.05) is 0 Å². The molecule has 0 fully saturated rings. The van der Waals surface area contributed by atoms with Gasteiger partial charge in [0.15, 0.2) is 5.84 Å². The first kappa shape index (κ1) is 22.6. The van der Waals surface area contributed by atoms with Gasteiger partial charge in [-0.15, -0.1) is 24.8 Å². The van der Waals surface area contributed by atoms with Gasteiger partial charge in [-0.25, -0.2) is 9.98 Å². The van der Waals surface area contributed by atoms with Crippen LogP contribution in [0.15, 0.2) is 57.4 Å². The van der Waals surface area contributed by atoms with E-state index in [1.807, 2.05) is 38.1 Å². The van der Waals surface area contributed by atoms with Crippen LogP contribution in [0.3, 0.4) is 0 Å². The highest BCUT2D eigenvalue weighted by atomic mass is 35.5. The molecule has 0 radical (unpaired) electrons. The first-order chi connectivity index (χ1) is 12.9. The molecule has 5 N–H and O–H groups in total. The molecule has 29 heavy (non-hydrogen) atoms. The van der Waals surface area contributed by atoms with E-state index in [0.29, 0.717) is 5.84 Å². The summed E-state index contributed by atoms with van der Waals surface area (Å²) >= 11 is 0. The van der Waals surface area contributed by atoms with Crippen molar-refractivity contribution in [2.45, 2.75) is 32.2 Å². The van der Waals surface area contributed by atoms with Gasteiger partial charge in [-0.05, 0) is 43.4 Å². The molecule has 4 rings (SSSR count). The van der Waals surface area contributed by atoms with Gasteiger partial charge in [0.25, 0.3) is 0 Å². The maximum absolute atomic E-state index is 8.32. The predicted molar refractivity (Wildman–Crippen MR) is 124 cm³/mol. The standard InChI is InChI=1S/C21H22N6.2ClH/c1-12-9-13(2)11-15(10-12)21(18(22)23)19(26-20(24)27-21)25-17-8-7-14-5-3-4-6-16(14)17;;/h3-6,9-11H,7-8H2,1-2H3,(H3,22,23)(H2,24,27);2*1H. The highest BCUT2D eigenvalue weighted by molar-refractivity contribution is 6.24. The number of nitrogens with two attached hydrogens (primary N) is 2. The van der Waals surface area contributed by atoms with Crippen molar-refractivity contribution in [2.24, 2.45) is 26.4 Å². The lowest BCUT2D eigenvalue weighted by molar-refractivity contribution is 0.802. The lowest BCUT2D eigenvalue weighted by atomic mass is 9.86. The van der Waals surface area contributed by atoms with Crippen molar-refractivity contribution in [3.8, 4) is 0 Å². The molecule has 152 valence electrons. The number of aliphatic imine (C=N–C) groups is 3. The summed E-state index contributed by atoms with van der Waals surface area (Å²) in [5, 5.41) is 8.32. The van der Waals surface area contributed by atoms with Gasteiger partial charge in [-0.2, -0.15) is 4.99 Å². The molecule has 8 heteroatoms. The smallest absolute Gasteiger partial charge is 0.219 e. The normalized spacial score (nSPS) is 21.0. The van der Waals surface area contributed by atoms with E-state index >= 15 is 0 Å². The number of aryl methyl sites for hydroxylation is 3. The fourth-order valence-corrected chi connectivity index (χ4v) is 3.91. The third kappa shape index (κ3) is 3.78. The van der Waals surface area contributed by atoms with Gasteiger partial charge in [0.05, 0.1) is 5.71 Å². The van der Waals surface area contributed by atoms with Gasteiger partial charge in [-0.1, -0.05) is 53.6 Å². The molecule has 0 spiro atoms. The minimum absolute atomic E-state index is 0. The van der Waals surface area contributed by atoms with Crippen LogP contribution in [0.5, 0.6) is 0 Å². The van der Waals surface area contributed by atoms with Crippen LogP contribution in [0.4, 0.5) is 0 Å². The molecular weight excluding hydrogens is 407 g/mol. The average Bonchev–Trinajstić information content (AvgIpc) is 3.16. The molecule has 2 aliphatic rings. The average molecular weight is 431 g/mol. The maximum atomic E-state index is 8.32. The van der Waals surface area contributed by atoms with Crippen molar-refractivity contribution in [3.05, 3.63) is 70.3 Å². The molecule has 6 nitrogen and oxygen atoms in total. The van der Waals surface area contributed by atoms with Crippen LogP contribution in [0.2, 0.25) is 0 Å². The highest BCUT2D eigenvalue weighted by Gasteiger charge is 2.46. The first-order valence-corrected chi connectivity index (χ1v) is 8.94. The van der Waals surface area contributed by atoms with Crippen LogP contribution in [0.1, 0.15) is 34.2 Å². The number of amidine groups is 2. The van der Waals surface area contributed by atoms with Gasteiger partial charge >= 0.3 is 0 Å². The summed E-state index contributed by atoms with van der Waals surface area (Å²) in [5.41, 5.74) is 16.9. The van der Waals surface area contributed by atoms with Gasteiger partial charge in [0.1, 0.15) is 5.84 Å². The van der Waals surface area contributed by atoms with Crippen LogP contribution < -0.4 is 11.5 Å². The Morgan fingerprint density at radius 3 is 2.38 bits per heavy atom. The molecular formula is C21H24Cl2N6. The van der Waals surface area contributed by atoms with Gasteiger partial charge in [-0.3, -0.25) is 5.41 Å². The molecule has 0 bridgehead atoms. The summed E-state index contributed by atoms with van der Waals surface area (Å²) < 4.78 is 0. The second-order valence-electron chi connectivity index (χ2n) is 7.12. The van der Waals surface area contributed by atoms with Crippen LogP contribution >= 0.6 is 24.8 Å². The van der Waals surface area contributed by atoms with Crippen molar-refractivity contribution in [1.82, 2.24) is 0 Å². The van der Waals surface area contributed by atoms with Crippen molar-refractivity contribution in [2.75, 3.05) is 0 Å². The second-order valence-corrected chi connectivity index (χ2v) is 7.12. The molecule has 1 aliphatic carbocycles. The Hall–Kier alpha value is -2.70. The number of halogens is 2. The van der Waals surface area contributed by atoms with Crippen LogP contribution in [0, 0.1) is 19.3 Å². The maximum Gasteiger partial charge on any atom is 0.219 e. The Balaban J connectivity index is 0.00000150. The Morgan fingerprint density at radius 1 is 1.07 bits per heavy atom. The SMILES string of the molecule is Cc1cc(C)cc(C2(C(=N)N)N=C(N)N=C2N=C2CCc3ccccc32)c1.Cl.Cl. The summed E-state index contributed by atoms with van der Waals surface area (Å²) in [5.74, 6) is 0.321. The van der Waals surface area contributed by atoms with Gasteiger partial charge < -0.3 is 11.5 Å². The number of rotatable bonds is 2. The van der Waals surface area contributed by atoms with E-state index in [2.05, 4.69) is 28.2 Å². The fraction of sp³-hybridized carbons (Fsp3) is 0.238. The predicted octanol–water partition coefficient (Wildman–Crippen LogP) is 3.44. The summed E-state index contributed by atoms with van der Waals surface area (Å²) in [4.78, 5) is 13.7. The Kier molecular flexibility index (Phi) is 6.50. The largest absolute Gasteiger partial charge is 0.385 e. The number of benzene rings is 2. The molecule has 0 saturated heterocycles. The topological polar surface area (TPSA) is 113 Å². The fourth-order valence-electron chi connectivity index (χ4n) is 3.91. The van der Waals surface area contributed by atoms with E-state index in [-0.39, 0.29) is 36.6 Å². The number of nitrogens with zero attached hydrogens (tertiary/aromatic N) is 3.